The number of aryl methyl sites for hydroxylation is 1. The molecule has 3 aromatic rings. The second-order valence-corrected chi connectivity index (χ2v) is 6.22. The minimum Gasteiger partial charge on any atom is -0.480 e. The van der Waals surface area contributed by atoms with Gasteiger partial charge in [0.25, 0.3) is 5.91 Å². The number of fused-ring (bicyclic) bond motifs is 2. The van der Waals surface area contributed by atoms with Crippen molar-refractivity contribution in [3.63, 3.8) is 0 Å². The van der Waals surface area contributed by atoms with Crippen LogP contribution in [0.25, 0.3) is 10.9 Å². The number of carboxylic acid groups (broad SMARTS) is 1. The van der Waals surface area contributed by atoms with E-state index in [1.54, 1.807) is 0 Å². The van der Waals surface area contributed by atoms with E-state index < -0.39 is 5.97 Å². The number of aromatic nitrogens is 1. The molecule has 2 heterocycles. The molecule has 25 heavy (non-hydrogen) atoms. The number of hydrogen-bond acceptors (Lipinski definition) is 3. The van der Waals surface area contributed by atoms with Gasteiger partial charge in [0.2, 0.25) is 0 Å². The highest BCUT2D eigenvalue weighted by molar-refractivity contribution is 6.05. The fourth-order valence-corrected chi connectivity index (χ4v) is 3.33. The van der Waals surface area contributed by atoms with Crippen molar-refractivity contribution in [2.45, 2.75) is 6.54 Å². The summed E-state index contributed by atoms with van der Waals surface area (Å²) >= 11 is 0. The van der Waals surface area contributed by atoms with Crippen molar-refractivity contribution < 1.29 is 14.7 Å². The van der Waals surface area contributed by atoms with Crippen molar-refractivity contribution in [2.24, 2.45) is 7.05 Å². The summed E-state index contributed by atoms with van der Waals surface area (Å²) in [5, 5.41) is 13.4. The molecule has 0 atom stereocenters. The van der Waals surface area contributed by atoms with Crippen molar-refractivity contribution in [3.8, 4) is 0 Å². The lowest BCUT2D eigenvalue weighted by Crippen LogP contribution is -2.30. The molecule has 2 N–H and O–H groups in total. The normalized spacial score (nSPS) is 13.3. The van der Waals surface area contributed by atoms with Crippen LogP contribution < -0.4 is 5.32 Å². The molecule has 6 nitrogen and oxygen atoms in total. The molecular formula is C19H17N3O3. The molecule has 0 unspecified atom stereocenters. The minimum absolute atomic E-state index is 0.249. The average molecular weight is 335 g/mol. The third kappa shape index (κ3) is 2.61. The van der Waals surface area contributed by atoms with E-state index in [0.717, 1.165) is 22.2 Å². The predicted octanol–water partition coefficient (Wildman–Crippen LogP) is 2.96. The SMILES string of the molecule is Cn1ccc2cc(Nc3cccc4c3C(=O)N(CC(=O)O)C4)ccc21. The largest absolute Gasteiger partial charge is 0.480 e. The fourth-order valence-electron chi connectivity index (χ4n) is 3.33. The monoisotopic (exact) mass is 335 g/mol. The van der Waals surface area contributed by atoms with Crippen molar-refractivity contribution in [1.29, 1.82) is 0 Å². The van der Waals surface area contributed by atoms with Gasteiger partial charge in [-0.15, -0.1) is 0 Å². The van der Waals surface area contributed by atoms with Crippen LogP contribution in [0.5, 0.6) is 0 Å². The molecule has 0 saturated carbocycles. The first-order chi connectivity index (χ1) is 12.0. The zero-order chi connectivity index (χ0) is 17.6. The Kier molecular flexibility index (Phi) is 3.46. The van der Waals surface area contributed by atoms with Gasteiger partial charge in [-0.05, 0) is 35.9 Å². The molecule has 1 aliphatic heterocycles. The summed E-state index contributed by atoms with van der Waals surface area (Å²) in [6.07, 6.45) is 2.00. The first-order valence-electron chi connectivity index (χ1n) is 7.98. The fraction of sp³-hybridized carbons (Fsp3) is 0.158. The molecule has 4 rings (SSSR count). The summed E-state index contributed by atoms with van der Waals surface area (Å²) in [6, 6.07) is 13.6. The van der Waals surface area contributed by atoms with Crippen molar-refractivity contribution in [3.05, 3.63) is 59.8 Å². The van der Waals surface area contributed by atoms with E-state index in [9.17, 15) is 9.59 Å². The molecule has 0 saturated heterocycles. The molecule has 0 radical (unpaired) electrons. The number of benzene rings is 2. The van der Waals surface area contributed by atoms with Gasteiger partial charge in [-0.3, -0.25) is 9.59 Å². The third-order valence-corrected chi connectivity index (χ3v) is 4.50. The van der Waals surface area contributed by atoms with E-state index in [1.807, 2.05) is 60.3 Å². The van der Waals surface area contributed by atoms with Crippen LogP contribution in [0, 0.1) is 0 Å². The Labute approximate surface area is 144 Å². The number of carboxylic acids is 1. The highest BCUT2D eigenvalue weighted by Crippen LogP contribution is 2.32. The number of carbonyl (C=O) groups excluding carboxylic acids is 1. The molecule has 126 valence electrons. The van der Waals surface area contributed by atoms with Gasteiger partial charge in [0.1, 0.15) is 6.54 Å². The van der Waals surface area contributed by atoms with E-state index >= 15 is 0 Å². The Morgan fingerprint density at radius 2 is 2.08 bits per heavy atom. The molecule has 0 fully saturated rings. The Bertz CT molecular complexity index is 1010. The molecule has 2 aromatic carbocycles. The Morgan fingerprint density at radius 1 is 1.24 bits per heavy atom. The molecule has 1 amide bonds. The summed E-state index contributed by atoms with van der Waals surface area (Å²) in [5.41, 5.74) is 4.11. The minimum atomic E-state index is -1.01. The summed E-state index contributed by atoms with van der Waals surface area (Å²) in [5.74, 6) is -1.26. The number of nitrogens with one attached hydrogen (secondary N) is 1. The standard InChI is InChI=1S/C19H17N3O3/c1-21-8-7-12-9-14(5-6-16(12)21)20-15-4-2-3-13-10-22(11-17(23)24)19(25)18(13)15/h2-9,20H,10-11H2,1H3,(H,23,24). The summed E-state index contributed by atoms with van der Waals surface area (Å²) in [6.45, 7) is 0.0383. The topological polar surface area (TPSA) is 74.6 Å². The smallest absolute Gasteiger partial charge is 0.323 e. The van der Waals surface area contributed by atoms with Gasteiger partial charge in [-0.25, -0.2) is 0 Å². The first-order valence-corrected chi connectivity index (χ1v) is 7.98. The zero-order valence-electron chi connectivity index (χ0n) is 13.7. The summed E-state index contributed by atoms with van der Waals surface area (Å²) < 4.78 is 2.05. The second-order valence-electron chi connectivity index (χ2n) is 6.22. The Morgan fingerprint density at radius 3 is 2.88 bits per heavy atom. The number of aliphatic carboxylic acids is 1. The molecule has 0 aliphatic carbocycles. The Hall–Kier alpha value is -3.28. The first kappa shape index (κ1) is 15.3. The van der Waals surface area contributed by atoms with Gasteiger partial charge in [-0.1, -0.05) is 12.1 Å². The number of nitrogens with zero attached hydrogens (tertiary/aromatic N) is 2. The van der Waals surface area contributed by atoms with E-state index in [1.165, 1.54) is 4.90 Å². The summed E-state index contributed by atoms with van der Waals surface area (Å²) in [4.78, 5) is 24.9. The second kappa shape index (κ2) is 5.66. The van der Waals surface area contributed by atoms with Crippen molar-refractivity contribution in [2.75, 3.05) is 11.9 Å². The summed E-state index contributed by atoms with van der Waals surface area (Å²) in [7, 11) is 2.00. The van der Waals surface area contributed by atoms with E-state index in [0.29, 0.717) is 17.8 Å². The number of hydrogen-bond donors (Lipinski definition) is 2. The number of amides is 1. The van der Waals surface area contributed by atoms with Crippen molar-refractivity contribution >= 4 is 34.2 Å². The Balaban J connectivity index is 1.67. The van der Waals surface area contributed by atoms with Gasteiger partial charge in [0.15, 0.2) is 0 Å². The average Bonchev–Trinajstić information content (AvgIpc) is 3.09. The highest BCUT2D eigenvalue weighted by Gasteiger charge is 2.31. The lowest BCUT2D eigenvalue weighted by molar-refractivity contribution is -0.137. The lowest BCUT2D eigenvalue weighted by Gasteiger charge is -2.13. The number of anilines is 2. The maximum atomic E-state index is 12.6. The van der Waals surface area contributed by atoms with Gasteiger partial charge in [0, 0.05) is 36.4 Å². The van der Waals surface area contributed by atoms with Gasteiger partial charge >= 0.3 is 5.97 Å². The highest BCUT2D eigenvalue weighted by atomic mass is 16.4. The van der Waals surface area contributed by atoms with Gasteiger partial charge in [0.05, 0.1) is 11.3 Å². The third-order valence-electron chi connectivity index (χ3n) is 4.50. The van der Waals surface area contributed by atoms with Crippen LogP contribution in [0.1, 0.15) is 15.9 Å². The molecule has 1 aliphatic rings. The zero-order valence-corrected chi connectivity index (χ0v) is 13.7. The van der Waals surface area contributed by atoms with Crippen LogP contribution in [0.4, 0.5) is 11.4 Å². The van der Waals surface area contributed by atoms with Crippen molar-refractivity contribution in [1.82, 2.24) is 9.47 Å². The maximum absolute atomic E-state index is 12.6. The van der Waals surface area contributed by atoms with Gasteiger partial charge < -0.3 is 19.9 Å². The lowest BCUT2D eigenvalue weighted by atomic mass is 10.1. The molecule has 1 aromatic heterocycles. The molecule has 6 heteroatoms. The maximum Gasteiger partial charge on any atom is 0.323 e. The number of carbonyl (C=O) groups is 2. The van der Waals surface area contributed by atoms with Crippen LogP contribution in [0.3, 0.4) is 0 Å². The van der Waals surface area contributed by atoms with E-state index in [-0.39, 0.29) is 12.5 Å². The van der Waals surface area contributed by atoms with Crippen LogP contribution in [-0.4, -0.2) is 33.0 Å². The molecule has 0 spiro atoms. The number of rotatable bonds is 4. The van der Waals surface area contributed by atoms with Crippen LogP contribution in [0.15, 0.2) is 48.7 Å². The quantitative estimate of drug-likeness (QED) is 0.769. The van der Waals surface area contributed by atoms with Crippen LogP contribution in [0.2, 0.25) is 0 Å². The van der Waals surface area contributed by atoms with Crippen LogP contribution >= 0.6 is 0 Å². The molecular weight excluding hydrogens is 318 g/mol. The van der Waals surface area contributed by atoms with Gasteiger partial charge in [-0.2, -0.15) is 0 Å². The van der Waals surface area contributed by atoms with E-state index in [4.69, 9.17) is 5.11 Å². The predicted molar refractivity (Wildman–Crippen MR) is 95.0 cm³/mol. The molecule has 0 bridgehead atoms. The van der Waals surface area contributed by atoms with Crippen LogP contribution in [-0.2, 0) is 18.4 Å². The van der Waals surface area contributed by atoms with E-state index in [2.05, 4.69) is 5.32 Å².